The van der Waals surface area contributed by atoms with Crippen molar-refractivity contribution in [2.45, 2.75) is 6.54 Å². The van der Waals surface area contributed by atoms with E-state index in [4.69, 9.17) is 4.42 Å². The maximum atomic E-state index is 13.1. The Balaban J connectivity index is 1.36. The molecule has 1 amide bonds. The van der Waals surface area contributed by atoms with Crippen molar-refractivity contribution in [3.8, 4) is 0 Å². The number of rotatable bonds is 5. The van der Waals surface area contributed by atoms with Gasteiger partial charge in [-0.1, -0.05) is 0 Å². The minimum Gasteiger partial charge on any atom is -0.467 e. The SMILES string of the molecule is O=C(NCc1ccco1)c1cncc(N2CCN(c3ccc(F)cc3)CC2)c1. The lowest BCUT2D eigenvalue weighted by atomic mass is 10.2. The molecule has 1 aliphatic heterocycles. The summed E-state index contributed by atoms with van der Waals surface area (Å²) in [5.41, 5.74) is 2.46. The minimum absolute atomic E-state index is 0.185. The van der Waals surface area contributed by atoms with E-state index in [0.717, 1.165) is 37.6 Å². The molecular formula is C21H21FN4O2. The summed E-state index contributed by atoms with van der Waals surface area (Å²) in [5, 5.41) is 2.83. The van der Waals surface area contributed by atoms with E-state index < -0.39 is 0 Å². The quantitative estimate of drug-likeness (QED) is 0.737. The first-order chi connectivity index (χ1) is 13.7. The summed E-state index contributed by atoms with van der Waals surface area (Å²) in [4.78, 5) is 21.1. The number of halogens is 1. The molecule has 0 saturated carbocycles. The Morgan fingerprint density at radius 3 is 2.43 bits per heavy atom. The molecule has 0 spiro atoms. The second-order valence-corrected chi connectivity index (χ2v) is 6.64. The summed E-state index contributed by atoms with van der Waals surface area (Å²) >= 11 is 0. The average molecular weight is 380 g/mol. The van der Waals surface area contributed by atoms with E-state index in [1.807, 2.05) is 12.1 Å². The van der Waals surface area contributed by atoms with Gasteiger partial charge >= 0.3 is 0 Å². The highest BCUT2D eigenvalue weighted by Crippen LogP contribution is 2.21. The highest BCUT2D eigenvalue weighted by molar-refractivity contribution is 5.94. The molecule has 0 aliphatic carbocycles. The second kappa shape index (κ2) is 8.12. The van der Waals surface area contributed by atoms with Gasteiger partial charge in [-0.2, -0.15) is 0 Å². The van der Waals surface area contributed by atoms with Crippen LogP contribution in [0.1, 0.15) is 16.1 Å². The second-order valence-electron chi connectivity index (χ2n) is 6.64. The third kappa shape index (κ3) is 4.14. The monoisotopic (exact) mass is 380 g/mol. The highest BCUT2D eigenvalue weighted by Gasteiger charge is 2.19. The van der Waals surface area contributed by atoms with E-state index in [-0.39, 0.29) is 11.7 Å². The summed E-state index contributed by atoms with van der Waals surface area (Å²) < 4.78 is 18.3. The van der Waals surface area contributed by atoms with Gasteiger partial charge in [-0.15, -0.1) is 0 Å². The topological polar surface area (TPSA) is 61.6 Å². The molecule has 0 radical (unpaired) electrons. The molecule has 0 bridgehead atoms. The molecule has 3 heterocycles. The van der Waals surface area contributed by atoms with Crippen molar-refractivity contribution in [2.75, 3.05) is 36.0 Å². The number of furan rings is 1. The highest BCUT2D eigenvalue weighted by atomic mass is 19.1. The van der Waals surface area contributed by atoms with Crippen molar-refractivity contribution in [3.05, 3.63) is 78.3 Å². The zero-order valence-electron chi connectivity index (χ0n) is 15.3. The van der Waals surface area contributed by atoms with Crippen molar-refractivity contribution in [1.29, 1.82) is 0 Å². The number of piperazine rings is 1. The molecule has 4 rings (SSSR count). The van der Waals surface area contributed by atoms with Crippen LogP contribution in [-0.2, 0) is 6.54 Å². The van der Waals surface area contributed by atoms with Crippen LogP contribution in [-0.4, -0.2) is 37.1 Å². The zero-order chi connectivity index (χ0) is 19.3. The van der Waals surface area contributed by atoms with Gasteiger partial charge in [-0.3, -0.25) is 9.78 Å². The molecule has 1 aliphatic rings. The fraction of sp³-hybridized carbons (Fsp3) is 0.238. The van der Waals surface area contributed by atoms with Crippen LogP contribution in [0.3, 0.4) is 0 Å². The summed E-state index contributed by atoms with van der Waals surface area (Å²) in [6.45, 7) is 3.58. The van der Waals surface area contributed by atoms with Crippen LogP contribution < -0.4 is 15.1 Å². The molecule has 1 aromatic carbocycles. The Kier molecular flexibility index (Phi) is 5.23. The van der Waals surface area contributed by atoms with Gasteiger partial charge in [0.15, 0.2) is 0 Å². The van der Waals surface area contributed by atoms with Crippen molar-refractivity contribution in [1.82, 2.24) is 10.3 Å². The van der Waals surface area contributed by atoms with Crippen LogP contribution in [0.4, 0.5) is 15.8 Å². The molecular weight excluding hydrogens is 359 g/mol. The van der Waals surface area contributed by atoms with Crippen LogP contribution in [0.2, 0.25) is 0 Å². The zero-order valence-corrected chi connectivity index (χ0v) is 15.3. The first-order valence-corrected chi connectivity index (χ1v) is 9.20. The van der Waals surface area contributed by atoms with Crippen molar-refractivity contribution in [3.63, 3.8) is 0 Å². The standard InChI is InChI=1S/C21H21FN4O2/c22-17-3-5-18(6-4-17)25-7-9-26(10-8-25)19-12-16(13-23-14-19)21(27)24-15-20-2-1-11-28-20/h1-6,11-14H,7-10,15H2,(H,24,27). The lowest BCUT2D eigenvalue weighted by molar-refractivity contribution is 0.0947. The Morgan fingerprint density at radius 2 is 1.75 bits per heavy atom. The van der Waals surface area contributed by atoms with Gasteiger partial charge in [0.25, 0.3) is 5.91 Å². The Morgan fingerprint density at radius 1 is 1.04 bits per heavy atom. The first kappa shape index (κ1) is 18.0. The minimum atomic E-state index is -0.226. The number of amides is 1. The third-order valence-corrected chi connectivity index (χ3v) is 4.83. The number of carbonyl (C=O) groups excluding carboxylic acids is 1. The molecule has 3 aromatic rings. The molecule has 2 aromatic heterocycles. The third-order valence-electron chi connectivity index (χ3n) is 4.83. The molecule has 28 heavy (non-hydrogen) atoms. The number of hydrogen-bond donors (Lipinski definition) is 1. The van der Waals surface area contributed by atoms with Crippen LogP contribution in [0, 0.1) is 5.82 Å². The van der Waals surface area contributed by atoms with E-state index in [1.165, 1.54) is 12.1 Å². The number of aromatic nitrogens is 1. The molecule has 144 valence electrons. The smallest absolute Gasteiger partial charge is 0.253 e. The Bertz CT molecular complexity index is 920. The first-order valence-electron chi connectivity index (χ1n) is 9.20. The maximum Gasteiger partial charge on any atom is 0.253 e. The van der Waals surface area contributed by atoms with Crippen LogP contribution in [0.5, 0.6) is 0 Å². The molecule has 6 nitrogen and oxygen atoms in total. The van der Waals surface area contributed by atoms with Gasteiger partial charge in [0.05, 0.1) is 30.3 Å². The van der Waals surface area contributed by atoms with E-state index in [2.05, 4.69) is 20.1 Å². The van der Waals surface area contributed by atoms with Crippen molar-refractivity contribution >= 4 is 17.3 Å². The number of anilines is 2. The lowest BCUT2D eigenvalue weighted by Crippen LogP contribution is -2.46. The number of pyridine rings is 1. The molecule has 7 heteroatoms. The van der Waals surface area contributed by atoms with Crippen molar-refractivity contribution < 1.29 is 13.6 Å². The summed E-state index contributed by atoms with van der Waals surface area (Å²) in [5.74, 6) is 0.292. The van der Waals surface area contributed by atoms with Crippen LogP contribution >= 0.6 is 0 Å². The number of hydrogen-bond acceptors (Lipinski definition) is 5. The van der Waals surface area contributed by atoms with E-state index >= 15 is 0 Å². The molecule has 0 unspecified atom stereocenters. The van der Waals surface area contributed by atoms with Gasteiger partial charge in [0, 0.05) is 38.1 Å². The number of benzene rings is 1. The summed E-state index contributed by atoms with van der Waals surface area (Å²) in [7, 11) is 0. The van der Waals surface area contributed by atoms with Gasteiger partial charge in [-0.05, 0) is 42.5 Å². The molecule has 1 saturated heterocycles. The molecule has 1 N–H and O–H groups in total. The van der Waals surface area contributed by atoms with Crippen molar-refractivity contribution in [2.24, 2.45) is 0 Å². The normalized spacial score (nSPS) is 14.2. The number of nitrogens with one attached hydrogen (secondary N) is 1. The Labute approximate surface area is 162 Å². The van der Waals surface area contributed by atoms with Gasteiger partial charge < -0.3 is 19.5 Å². The molecule has 1 fully saturated rings. The van der Waals surface area contributed by atoms with Crippen LogP contribution in [0.15, 0.2) is 65.5 Å². The molecule has 0 atom stereocenters. The number of carbonyl (C=O) groups is 1. The largest absolute Gasteiger partial charge is 0.467 e. The van der Waals surface area contributed by atoms with Gasteiger partial charge in [0.2, 0.25) is 0 Å². The van der Waals surface area contributed by atoms with E-state index in [1.54, 1.807) is 36.9 Å². The number of nitrogens with zero attached hydrogens (tertiary/aromatic N) is 3. The fourth-order valence-electron chi connectivity index (χ4n) is 3.28. The van der Waals surface area contributed by atoms with Gasteiger partial charge in [0.1, 0.15) is 11.6 Å². The van der Waals surface area contributed by atoms with E-state index in [0.29, 0.717) is 17.9 Å². The lowest BCUT2D eigenvalue weighted by Gasteiger charge is -2.37. The Hall–Kier alpha value is -3.35. The van der Waals surface area contributed by atoms with Crippen LogP contribution in [0.25, 0.3) is 0 Å². The fourth-order valence-corrected chi connectivity index (χ4v) is 3.28. The predicted octanol–water partition coefficient (Wildman–Crippen LogP) is 3.07. The predicted molar refractivity (Wildman–Crippen MR) is 105 cm³/mol. The average Bonchev–Trinajstić information content (AvgIpc) is 3.26. The van der Waals surface area contributed by atoms with Gasteiger partial charge in [-0.25, -0.2) is 4.39 Å². The summed E-state index contributed by atoms with van der Waals surface area (Å²) in [6, 6.07) is 12.0. The summed E-state index contributed by atoms with van der Waals surface area (Å²) in [6.07, 6.45) is 4.92. The maximum absolute atomic E-state index is 13.1. The van der Waals surface area contributed by atoms with E-state index in [9.17, 15) is 9.18 Å².